The third kappa shape index (κ3) is 3.80. The summed E-state index contributed by atoms with van der Waals surface area (Å²) in [7, 11) is 1.65. The summed E-state index contributed by atoms with van der Waals surface area (Å²) >= 11 is 13.6. The zero-order valence-electron chi connectivity index (χ0n) is 13.8. The van der Waals surface area contributed by atoms with Gasteiger partial charge in [0.2, 0.25) is 0 Å². The van der Waals surface area contributed by atoms with Gasteiger partial charge in [0.15, 0.2) is 4.80 Å². The van der Waals surface area contributed by atoms with E-state index < -0.39 is 5.91 Å². The number of methoxy groups -OCH3 is 1. The van der Waals surface area contributed by atoms with Crippen molar-refractivity contribution in [2.45, 2.75) is 13.5 Å². The molecule has 1 heterocycles. The quantitative estimate of drug-likeness (QED) is 0.643. The molecule has 0 atom stereocenters. The molecule has 25 heavy (non-hydrogen) atoms. The van der Waals surface area contributed by atoms with Crippen LogP contribution >= 0.6 is 34.5 Å². The maximum absolute atomic E-state index is 12.6. The normalized spacial score (nSPS) is 12.1. The Balaban J connectivity index is 2.16. The summed E-state index contributed by atoms with van der Waals surface area (Å²) in [6.45, 7) is 3.17. The van der Waals surface area contributed by atoms with Crippen molar-refractivity contribution < 1.29 is 9.53 Å². The number of amides is 1. The number of carbonyl (C=O) groups is 1. The molecule has 1 amide bonds. The molecule has 0 saturated heterocycles. The van der Waals surface area contributed by atoms with Gasteiger partial charge >= 0.3 is 0 Å². The maximum atomic E-state index is 12.6. The second kappa shape index (κ2) is 7.70. The van der Waals surface area contributed by atoms with E-state index >= 15 is 0 Å². The van der Waals surface area contributed by atoms with Crippen molar-refractivity contribution in [1.82, 2.24) is 4.57 Å². The summed E-state index contributed by atoms with van der Waals surface area (Å²) in [6, 6.07) is 10.8. The fraction of sp³-hybridized carbons (Fsp3) is 0.222. The molecule has 0 aliphatic carbocycles. The van der Waals surface area contributed by atoms with Crippen molar-refractivity contribution in [2.24, 2.45) is 4.99 Å². The first-order valence-electron chi connectivity index (χ1n) is 7.63. The van der Waals surface area contributed by atoms with Crippen molar-refractivity contribution in [3.63, 3.8) is 0 Å². The minimum atomic E-state index is -0.414. The average Bonchev–Trinajstić information content (AvgIpc) is 2.93. The molecule has 0 fully saturated rings. The Morgan fingerprint density at radius 1 is 1.28 bits per heavy atom. The zero-order valence-corrected chi connectivity index (χ0v) is 16.1. The summed E-state index contributed by atoms with van der Waals surface area (Å²) in [5, 5.41) is 0.779. The molecule has 7 heteroatoms. The van der Waals surface area contributed by atoms with E-state index in [2.05, 4.69) is 4.99 Å². The van der Waals surface area contributed by atoms with E-state index in [1.165, 1.54) is 17.4 Å². The van der Waals surface area contributed by atoms with Gasteiger partial charge in [-0.2, -0.15) is 4.99 Å². The third-order valence-electron chi connectivity index (χ3n) is 3.78. The second-order valence-corrected chi connectivity index (χ2v) is 7.34. The van der Waals surface area contributed by atoms with Gasteiger partial charge in [-0.25, -0.2) is 0 Å². The van der Waals surface area contributed by atoms with Crippen LogP contribution in [0, 0.1) is 6.92 Å². The number of hydrogen-bond acceptors (Lipinski definition) is 3. The van der Waals surface area contributed by atoms with E-state index in [4.69, 9.17) is 27.9 Å². The number of aryl methyl sites for hydroxylation is 1. The molecule has 0 bridgehead atoms. The number of benzene rings is 2. The first-order chi connectivity index (χ1) is 12.0. The second-order valence-electron chi connectivity index (χ2n) is 5.49. The number of rotatable bonds is 4. The van der Waals surface area contributed by atoms with Crippen LogP contribution in [0.5, 0.6) is 0 Å². The third-order valence-corrected chi connectivity index (χ3v) is 5.39. The predicted octanol–water partition coefficient (Wildman–Crippen LogP) is 4.71. The maximum Gasteiger partial charge on any atom is 0.281 e. The lowest BCUT2D eigenvalue weighted by molar-refractivity contribution is 0.0997. The molecular formula is C18H16Cl2N2O2S. The highest BCUT2D eigenvalue weighted by atomic mass is 35.5. The number of para-hydroxylation sites is 1. The Morgan fingerprint density at radius 2 is 2.08 bits per heavy atom. The smallest absolute Gasteiger partial charge is 0.281 e. The van der Waals surface area contributed by atoms with E-state index in [0.717, 1.165) is 15.8 Å². The summed E-state index contributed by atoms with van der Waals surface area (Å²) in [5.41, 5.74) is 2.48. The van der Waals surface area contributed by atoms with Gasteiger partial charge in [-0.1, -0.05) is 46.7 Å². The summed E-state index contributed by atoms with van der Waals surface area (Å²) < 4.78 is 8.28. The van der Waals surface area contributed by atoms with Gasteiger partial charge < -0.3 is 9.30 Å². The van der Waals surface area contributed by atoms with Gasteiger partial charge in [0, 0.05) is 18.7 Å². The van der Waals surface area contributed by atoms with Gasteiger partial charge in [-0.3, -0.25) is 4.79 Å². The molecular weight excluding hydrogens is 379 g/mol. The first kappa shape index (κ1) is 18.1. The highest BCUT2D eigenvalue weighted by molar-refractivity contribution is 7.16. The number of nitrogens with zero attached hydrogens (tertiary/aromatic N) is 2. The van der Waals surface area contributed by atoms with Gasteiger partial charge in [0.05, 0.1) is 27.4 Å². The van der Waals surface area contributed by atoms with Crippen molar-refractivity contribution >= 4 is 50.7 Å². The lowest BCUT2D eigenvalue weighted by Gasteiger charge is -2.06. The summed E-state index contributed by atoms with van der Waals surface area (Å²) in [4.78, 5) is 17.5. The Hall–Kier alpha value is -1.66. The molecule has 0 unspecified atom stereocenters. The summed E-state index contributed by atoms with van der Waals surface area (Å²) in [5.74, 6) is -0.414. The Kier molecular flexibility index (Phi) is 5.59. The number of aromatic nitrogens is 1. The van der Waals surface area contributed by atoms with Crippen molar-refractivity contribution in [1.29, 1.82) is 0 Å². The van der Waals surface area contributed by atoms with Crippen LogP contribution in [0.25, 0.3) is 10.2 Å². The van der Waals surface area contributed by atoms with E-state index in [9.17, 15) is 4.79 Å². The molecule has 3 rings (SSSR count). The molecule has 130 valence electrons. The van der Waals surface area contributed by atoms with Crippen LogP contribution in [0.15, 0.2) is 41.4 Å². The monoisotopic (exact) mass is 394 g/mol. The largest absolute Gasteiger partial charge is 0.383 e. The number of halogens is 2. The minimum absolute atomic E-state index is 0.293. The number of thiazole rings is 1. The zero-order chi connectivity index (χ0) is 18.0. The molecule has 1 aromatic heterocycles. The topological polar surface area (TPSA) is 43.6 Å². The number of fused-ring (bicyclic) bond motifs is 1. The highest BCUT2D eigenvalue weighted by Gasteiger charge is 2.13. The molecule has 0 N–H and O–H groups in total. The van der Waals surface area contributed by atoms with E-state index in [-0.39, 0.29) is 0 Å². The molecule has 2 aromatic carbocycles. The van der Waals surface area contributed by atoms with Gasteiger partial charge in [-0.05, 0) is 36.8 Å². The SMILES string of the molecule is COCCn1c(=NC(=O)c2cc(Cl)ccc2Cl)sc2cccc(C)c21. The minimum Gasteiger partial charge on any atom is -0.383 e. The molecule has 3 aromatic rings. The molecule has 0 spiro atoms. The van der Waals surface area contributed by atoms with Crippen LogP contribution in [-0.2, 0) is 11.3 Å². The van der Waals surface area contributed by atoms with Crippen molar-refractivity contribution in [2.75, 3.05) is 13.7 Å². The van der Waals surface area contributed by atoms with E-state index in [1.807, 2.05) is 29.7 Å². The molecule has 0 saturated carbocycles. The number of hydrogen-bond donors (Lipinski definition) is 0. The average molecular weight is 395 g/mol. The van der Waals surface area contributed by atoms with Crippen molar-refractivity contribution in [3.05, 3.63) is 62.4 Å². The van der Waals surface area contributed by atoms with Crippen LogP contribution in [0.1, 0.15) is 15.9 Å². The van der Waals surface area contributed by atoms with Crippen LogP contribution in [0.4, 0.5) is 0 Å². The standard InChI is InChI=1S/C18H16Cl2N2O2S/c1-11-4-3-5-15-16(11)22(8-9-24-2)18(25-15)21-17(23)13-10-12(19)6-7-14(13)20/h3-7,10H,8-9H2,1-2H3. The number of carbonyl (C=O) groups excluding carboxylic acids is 1. The van der Waals surface area contributed by atoms with Gasteiger partial charge in [-0.15, -0.1) is 0 Å². The lowest BCUT2D eigenvalue weighted by atomic mass is 10.2. The number of ether oxygens (including phenoxy) is 1. The fourth-order valence-corrected chi connectivity index (χ4v) is 4.09. The summed E-state index contributed by atoms with van der Waals surface area (Å²) in [6.07, 6.45) is 0. The Labute approximate surface area is 159 Å². The Morgan fingerprint density at radius 3 is 2.84 bits per heavy atom. The van der Waals surface area contributed by atoms with Crippen LogP contribution in [-0.4, -0.2) is 24.2 Å². The van der Waals surface area contributed by atoms with Crippen molar-refractivity contribution in [3.8, 4) is 0 Å². The Bertz CT molecular complexity index is 1010. The van der Waals surface area contributed by atoms with Crippen LogP contribution in [0.3, 0.4) is 0 Å². The first-order valence-corrected chi connectivity index (χ1v) is 9.20. The van der Waals surface area contributed by atoms with Crippen LogP contribution in [0.2, 0.25) is 10.0 Å². The van der Waals surface area contributed by atoms with Gasteiger partial charge in [0.1, 0.15) is 0 Å². The molecule has 0 radical (unpaired) electrons. The van der Waals surface area contributed by atoms with Gasteiger partial charge in [0.25, 0.3) is 5.91 Å². The van der Waals surface area contributed by atoms with E-state index in [0.29, 0.717) is 33.6 Å². The highest BCUT2D eigenvalue weighted by Crippen LogP contribution is 2.23. The molecule has 4 nitrogen and oxygen atoms in total. The van der Waals surface area contributed by atoms with E-state index in [1.54, 1.807) is 19.2 Å². The fourth-order valence-electron chi connectivity index (χ4n) is 2.59. The van der Waals surface area contributed by atoms with Crippen LogP contribution < -0.4 is 4.80 Å². The molecule has 0 aliphatic heterocycles. The molecule has 0 aliphatic rings. The lowest BCUT2D eigenvalue weighted by Crippen LogP contribution is -2.19. The predicted molar refractivity (Wildman–Crippen MR) is 103 cm³/mol.